The number of aromatic nitrogens is 1. The van der Waals surface area contributed by atoms with Crippen molar-refractivity contribution in [3.8, 4) is 0 Å². The number of amides is 3. The number of carbonyl (C=O) groups excluding carboxylic acids is 3. The molecule has 0 spiro atoms. The van der Waals surface area contributed by atoms with Crippen LogP contribution in [0.15, 0.2) is 42.6 Å². The van der Waals surface area contributed by atoms with Crippen LogP contribution < -0.4 is 5.32 Å². The molecule has 1 aliphatic heterocycles. The Morgan fingerprint density at radius 1 is 1.21 bits per heavy atom. The lowest BCUT2D eigenvalue weighted by Gasteiger charge is -2.35. The lowest BCUT2D eigenvalue weighted by Crippen LogP contribution is -2.49. The molecule has 1 atom stereocenters. The summed E-state index contributed by atoms with van der Waals surface area (Å²) in [6.07, 6.45) is 5.03. The highest BCUT2D eigenvalue weighted by Gasteiger charge is 2.38. The standard InChI is InChI=1S/C25H29ClN4O4/c1-29(34-2)24(32)17-8-6-16(7-9-17)15-30-22(14-19-5-3-4-12-27-19)23(31)28-21-13-18(26)10-11-20(21)25(30)33/h3-5,10-13,16-17,22H,6-9,14-15H2,1-2H3,(H,28,31)/t16-,17-,22-/m1/s1. The molecule has 9 heteroatoms. The predicted molar refractivity (Wildman–Crippen MR) is 128 cm³/mol. The third kappa shape index (κ3) is 5.23. The molecular formula is C25H29ClN4O4. The van der Waals surface area contributed by atoms with Crippen molar-refractivity contribution < 1.29 is 19.2 Å². The second-order valence-corrected chi connectivity index (χ2v) is 9.35. The minimum atomic E-state index is -0.701. The molecule has 180 valence electrons. The maximum absolute atomic E-state index is 13.7. The van der Waals surface area contributed by atoms with Crippen LogP contribution in [0.3, 0.4) is 0 Å². The zero-order chi connectivity index (χ0) is 24.2. The second-order valence-electron chi connectivity index (χ2n) is 8.91. The molecule has 0 saturated heterocycles. The van der Waals surface area contributed by atoms with Crippen LogP contribution >= 0.6 is 11.6 Å². The highest BCUT2D eigenvalue weighted by atomic mass is 35.5. The summed E-state index contributed by atoms with van der Waals surface area (Å²) < 4.78 is 0. The van der Waals surface area contributed by atoms with Crippen molar-refractivity contribution in [2.45, 2.75) is 38.1 Å². The average Bonchev–Trinajstić information content (AvgIpc) is 2.94. The number of hydrogen-bond acceptors (Lipinski definition) is 5. The number of rotatable bonds is 6. The number of nitrogens with one attached hydrogen (secondary N) is 1. The van der Waals surface area contributed by atoms with Gasteiger partial charge in [0.15, 0.2) is 0 Å². The van der Waals surface area contributed by atoms with Gasteiger partial charge in [-0.05, 0) is 61.9 Å². The first-order valence-corrected chi connectivity index (χ1v) is 11.9. The summed E-state index contributed by atoms with van der Waals surface area (Å²) in [7, 11) is 3.10. The van der Waals surface area contributed by atoms with Crippen LogP contribution in [0.5, 0.6) is 0 Å². The van der Waals surface area contributed by atoms with Crippen LogP contribution in [-0.4, -0.2) is 59.4 Å². The van der Waals surface area contributed by atoms with Crippen LogP contribution in [-0.2, 0) is 20.8 Å². The van der Waals surface area contributed by atoms with Gasteiger partial charge in [0.1, 0.15) is 6.04 Å². The van der Waals surface area contributed by atoms with Gasteiger partial charge >= 0.3 is 0 Å². The van der Waals surface area contributed by atoms with Gasteiger partial charge in [0.05, 0.1) is 18.4 Å². The number of fused-ring (bicyclic) bond motifs is 1. The summed E-state index contributed by atoms with van der Waals surface area (Å²) in [6, 6.07) is 9.76. The minimum Gasteiger partial charge on any atom is -0.326 e. The number of anilines is 1. The summed E-state index contributed by atoms with van der Waals surface area (Å²) in [5.41, 5.74) is 1.58. The van der Waals surface area contributed by atoms with Gasteiger partial charge in [-0.25, -0.2) is 5.06 Å². The molecule has 8 nitrogen and oxygen atoms in total. The Bertz CT molecular complexity index is 1060. The molecule has 0 bridgehead atoms. The van der Waals surface area contributed by atoms with Crippen molar-refractivity contribution in [3.63, 3.8) is 0 Å². The number of benzene rings is 1. The van der Waals surface area contributed by atoms with E-state index in [0.29, 0.717) is 29.2 Å². The molecule has 2 heterocycles. The van der Waals surface area contributed by atoms with Gasteiger partial charge in [-0.15, -0.1) is 0 Å². The smallest absolute Gasteiger partial charge is 0.256 e. The topological polar surface area (TPSA) is 91.8 Å². The van der Waals surface area contributed by atoms with E-state index in [9.17, 15) is 14.4 Å². The summed E-state index contributed by atoms with van der Waals surface area (Å²) >= 11 is 6.13. The fourth-order valence-electron chi connectivity index (χ4n) is 4.81. The number of nitrogens with zero attached hydrogens (tertiary/aromatic N) is 3. The van der Waals surface area contributed by atoms with E-state index in [2.05, 4.69) is 10.3 Å². The van der Waals surface area contributed by atoms with Crippen LogP contribution in [0.1, 0.15) is 41.7 Å². The first-order chi connectivity index (χ1) is 16.4. The lowest BCUT2D eigenvalue weighted by molar-refractivity contribution is -0.174. The van der Waals surface area contributed by atoms with E-state index >= 15 is 0 Å². The Hall–Kier alpha value is -2.97. The molecular weight excluding hydrogens is 456 g/mol. The number of halogens is 1. The largest absolute Gasteiger partial charge is 0.326 e. The van der Waals surface area contributed by atoms with Gasteiger partial charge in [-0.1, -0.05) is 17.7 Å². The van der Waals surface area contributed by atoms with Crippen molar-refractivity contribution in [1.29, 1.82) is 0 Å². The van der Waals surface area contributed by atoms with E-state index in [0.717, 1.165) is 31.4 Å². The maximum atomic E-state index is 13.7. The molecule has 1 aliphatic carbocycles. The lowest BCUT2D eigenvalue weighted by atomic mass is 9.81. The third-order valence-corrected chi connectivity index (χ3v) is 7.01. The Balaban J connectivity index is 1.56. The third-order valence-electron chi connectivity index (χ3n) is 6.77. The van der Waals surface area contributed by atoms with E-state index in [1.807, 2.05) is 18.2 Å². The van der Waals surface area contributed by atoms with Gasteiger partial charge in [0, 0.05) is 42.8 Å². The van der Waals surface area contributed by atoms with Gasteiger partial charge in [0.2, 0.25) is 11.8 Å². The van der Waals surface area contributed by atoms with Crippen molar-refractivity contribution in [3.05, 3.63) is 58.9 Å². The molecule has 1 aromatic heterocycles. The number of hydroxylamine groups is 2. The summed E-state index contributed by atoms with van der Waals surface area (Å²) in [4.78, 5) is 50.5. The Morgan fingerprint density at radius 3 is 2.65 bits per heavy atom. The van der Waals surface area contributed by atoms with Crippen molar-refractivity contribution in [1.82, 2.24) is 14.9 Å². The van der Waals surface area contributed by atoms with Crippen molar-refractivity contribution >= 4 is 35.0 Å². The molecule has 2 aliphatic rings. The van der Waals surface area contributed by atoms with Crippen molar-refractivity contribution in [2.24, 2.45) is 11.8 Å². The predicted octanol–water partition coefficient (Wildman–Crippen LogP) is 3.57. The van der Waals surface area contributed by atoms with Gasteiger partial charge < -0.3 is 10.2 Å². The van der Waals surface area contributed by atoms with Crippen LogP contribution in [0, 0.1) is 11.8 Å². The Kier molecular flexibility index (Phi) is 7.48. The fraction of sp³-hybridized carbons (Fsp3) is 0.440. The Morgan fingerprint density at radius 2 is 1.97 bits per heavy atom. The summed E-state index contributed by atoms with van der Waals surface area (Å²) in [6.45, 7) is 0.437. The van der Waals surface area contributed by atoms with Gasteiger partial charge in [-0.3, -0.25) is 24.2 Å². The Labute approximate surface area is 204 Å². The van der Waals surface area contributed by atoms with Crippen molar-refractivity contribution in [2.75, 3.05) is 26.0 Å². The molecule has 1 N–H and O–H groups in total. The molecule has 0 radical (unpaired) electrons. The molecule has 1 fully saturated rings. The molecule has 1 aromatic carbocycles. The first kappa shape index (κ1) is 24.2. The van der Waals surface area contributed by atoms with Crippen LogP contribution in [0.25, 0.3) is 0 Å². The zero-order valence-corrected chi connectivity index (χ0v) is 20.1. The number of pyridine rings is 1. The molecule has 34 heavy (non-hydrogen) atoms. The normalized spacial score (nSPS) is 22.6. The van der Waals surface area contributed by atoms with Crippen LogP contribution in [0.4, 0.5) is 5.69 Å². The molecule has 1 saturated carbocycles. The van der Waals surface area contributed by atoms with Gasteiger partial charge in [-0.2, -0.15) is 0 Å². The highest BCUT2D eigenvalue weighted by Crippen LogP contribution is 2.33. The van der Waals surface area contributed by atoms with E-state index in [-0.39, 0.29) is 29.6 Å². The first-order valence-electron chi connectivity index (χ1n) is 11.5. The monoisotopic (exact) mass is 484 g/mol. The van der Waals surface area contributed by atoms with Crippen LogP contribution in [0.2, 0.25) is 5.02 Å². The van der Waals surface area contributed by atoms with E-state index in [1.54, 1.807) is 36.3 Å². The van der Waals surface area contributed by atoms with E-state index in [4.69, 9.17) is 16.4 Å². The second kappa shape index (κ2) is 10.5. The SMILES string of the molecule is CON(C)C(=O)[C@H]1CC[C@H](CN2C(=O)c3ccc(Cl)cc3NC(=O)[C@H]2Cc2ccccn2)CC1. The van der Waals surface area contributed by atoms with Gasteiger partial charge in [0.25, 0.3) is 5.91 Å². The maximum Gasteiger partial charge on any atom is 0.256 e. The fourth-order valence-corrected chi connectivity index (χ4v) is 4.98. The molecule has 0 unspecified atom stereocenters. The quantitative estimate of drug-likeness (QED) is 0.633. The zero-order valence-electron chi connectivity index (χ0n) is 19.4. The van der Waals surface area contributed by atoms with E-state index < -0.39 is 6.04 Å². The number of carbonyl (C=O) groups is 3. The summed E-state index contributed by atoms with van der Waals surface area (Å²) in [5.74, 6) is -0.385. The number of hydrogen-bond donors (Lipinski definition) is 1. The minimum absolute atomic E-state index is 0.0231. The molecule has 2 aromatic rings. The van der Waals surface area contributed by atoms with E-state index in [1.165, 1.54) is 12.2 Å². The average molecular weight is 485 g/mol. The summed E-state index contributed by atoms with van der Waals surface area (Å²) in [5, 5.41) is 4.62. The molecule has 4 rings (SSSR count). The highest BCUT2D eigenvalue weighted by molar-refractivity contribution is 6.31. The molecule has 3 amide bonds.